The summed E-state index contributed by atoms with van der Waals surface area (Å²) < 4.78 is 11.3. The summed E-state index contributed by atoms with van der Waals surface area (Å²) >= 11 is 17.8. The fourth-order valence-corrected chi connectivity index (χ4v) is 3.07. The first-order valence-electron chi connectivity index (χ1n) is 7.87. The average molecular weight is 405 g/mol. The number of alkyl halides is 3. The molecule has 25 heavy (non-hydrogen) atoms. The largest absolute Gasteiger partial charge is 0.352 e. The first-order valence-corrected chi connectivity index (χ1v) is 9.01. The minimum Gasteiger partial charge on any atom is -0.352 e. The molecule has 0 amide bonds. The monoisotopic (exact) mass is 403 g/mol. The molecule has 134 valence electrons. The summed E-state index contributed by atoms with van der Waals surface area (Å²) in [6, 6.07) is 5.74. The minimum absolute atomic E-state index is 0.00758. The first-order chi connectivity index (χ1) is 11.8. The number of nitrogens with one attached hydrogen (secondary N) is 1. The second-order valence-corrected chi connectivity index (χ2v) is 8.52. The van der Waals surface area contributed by atoms with Crippen LogP contribution in [0.1, 0.15) is 31.5 Å². The fourth-order valence-electron chi connectivity index (χ4n) is 2.82. The summed E-state index contributed by atoms with van der Waals surface area (Å²) in [6.45, 7) is 0.513. The molecular weight excluding hydrogens is 388 g/mol. The molecule has 1 fully saturated rings. The van der Waals surface area contributed by atoms with Gasteiger partial charge in [-0.1, -0.05) is 47.6 Å². The third kappa shape index (κ3) is 4.70. The van der Waals surface area contributed by atoms with Crippen molar-refractivity contribution >= 4 is 40.8 Å². The van der Waals surface area contributed by atoms with E-state index in [0.717, 1.165) is 25.7 Å². The SMILES string of the molecule is NC1(CNc2nc(-c3ccc(F)cc3)nc(C(Cl)(Cl)Cl)n2)CCCC1. The van der Waals surface area contributed by atoms with Gasteiger partial charge in [0.1, 0.15) is 5.82 Å². The number of rotatable bonds is 4. The van der Waals surface area contributed by atoms with Gasteiger partial charge in [-0.2, -0.15) is 9.97 Å². The smallest absolute Gasteiger partial charge is 0.250 e. The molecule has 3 rings (SSSR count). The van der Waals surface area contributed by atoms with Crippen molar-refractivity contribution in [2.24, 2.45) is 5.73 Å². The number of halogens is 4. The number of hydrogen-bond donors (Lipinski definition) is 2. The molecule has 0 radical (unpaired) electrons. The lowest BCUT2D eigenvalue weighted by Crippen LogP contribution is -2.43. The van der Waals surface area contributed by atoms with Gasteiger partial charge in [-0.25, -0.2) is 9.37 Å². The molecule has 0 spiro atoms. The van der Waals surface area contributed by atoms with Gasteiger partial charge in [0.25, 0.3) is 0 Å². The highest BCUT2D eigenvalue weighted by Gasteiger charge is 2.31. The molecule has 0 bridgehead atoms. The maximum Gasteiger partial charge on any atom is 0.250 e. The Bertz CT molecular complexity index is 742. The summed E-state index contributed by atoms with van der Waals surface area (Å²) in [4.78, 5) is 12.7. The zero-order valence-electron chi connectivity index (χ0n) is 13.3. The summed E-state index contributed by atoms with van der Waals surface area (Å²) in [5.41, 5.74) is 6.64. The number of benzene rings is 1. The predicted molar refractivity (Wildman–Crippen MR) is 98.3 cm³/mol. The minimum atomic E-state index is -1.80. The van der Waals surface area contributed by atoms with Crippen LogP contribution in [0.4, 0.5) is 10.3 Å². The highest BCUT2D eigenvalue weighted by atomic mass is 35.6. The van der Waals surface area contributed by atoms with E-state index in [4.69, 9.17) is 40.5 Å². The van der Waals surface area contributed by atoms with Crippen molar-refractivity contribution in [3.63, 3.8) is 0 Å². The van der Waals surface area contributed by atoms with Crippen LogP contribution in [0.2, 0.25) is 0 Å². The Morgan fingerprint density at radius 2 is 1.72 bits per heavy atom. The predicted octanol–water partition coefficient (Wildman–Crippen LogP) is 4.19. The molecule has 1 aliphatic rings. The van der Waals surface area contributed by atoms with Crippen LogP contribution in [0.5, 0.6) is 0 Å². The molecule has 9 heteroatoms. The van der Waals surface area contributed by atoms with Crippen LogP contribution in [0.3, 0.4) is 0 Å². The van der Waals surface area contributed by atoms with Crippen LogP contribution >= 0.6 is 34.8 Å². The maximum atomic E-state index is 13.1. The zero-order chi connectivity index (χ0) is 18.1. The van der Waals surface area contributed by atoms with Crippen LogP contribution in [0, 0.1) is 5.82 Å². The molecule has 3 N–H and O–H groups in total. The van der Waals surface area contributed by atoms with Crippen LogP contribution < -0.4 is 11.1 Å². The first kappa shape index (κ1) is 18.6. The molecule has 1 aliphatic carbocycles. The summed E-state index contributed by atoms with van der Waals surface area (Å²) in [5, 5.41) is 3.12. The summed E-state index contributed by atoms with van der Waals surface area (Å²) in [6.07, 6.45) is 4.09. The van der Waals surface area contributed by atoms with Crippen molar-refractivity contribution in [1.29, 1.82) is 0 Å². The fraction of sp³-hybridized carbons (Fsp3) is 0.438. The zero-order valence-corrected chi connectivity index (χ0v) is 15.5. The summed E-state index contributed by atoms with van der Waals surface area (Å²) in [5.74, 6) is 0.194. The molecule has 0 unspecified atom stereocenters. The van der Waals surface area contributed by atoms with E-state index in [2.05, 4.69) is 20.3 Å². The van der Waals surface area contributed by atoms with E-state index >= 15 is 0 Å². The molecule has 2 aromatic rings. The van der Waals surface area contributed by atoms with E-state index in [9.17, 15) is 4.39 Å². The van der Waals surface area contributed by atoms with E-state index in [-0.39, 0.29) is 29.0 Å². The van der Waals surface area contributed by atoms with Gasteiger partial charge in [-0.05, 0) is 37.1 Å². The van der Waals surface area contributed by atoms with Gasteiger partial charge in [0, 0.05) is 17.6 Å². The molecule has 1 aromatic carbocycles. The Morgan fingerprint density at radius 1 is 1.08 bits per heavy atom. The van der Waals surface area contributed by atoms with Crippen LogP contribution in [-0.4, -0.2) is 27.0 Å². The molecule has 1 saturated carbocycles. The molecule has 5 nitrogen and oxygen atoms in total. The van der Waals surface area contributed by atoms with Gasteiger partial charge in [0.2, 0.25) is 9.74 Å². The van der Waals surface area contributed by atoms with E-state index in [1.54, 1.807) is 12.1 Å². The van der Waals surface area contributed by atoms with Crippen LogP contribution in [0.25, 0.3) is 11.4 Å². The van der Waals surface area contributed by atoms with Gasteiger partial charge < -0.3 is 11.1 Å². The lowest BCUT2D eigenvalue weighted by Gasteiger charge is -2.24. The second kappa shape index (κ2) is 7.19. The Hall–Kier alpha value is -1.21. The molecule has 0 atom stereocenters. The quantitative estimate of drug-likeness (QED) is 0.747. The topological polar surface area (TPSA) is 76.7 Å². The number of aromatic nitrogens is 3. The van der Waals surface area contributed by atoms with Gasteiger partial charge in [-0.3, -0.25) is 0 Å². The van der Waals surface area contributed by atoms with E-state index < -0.39 is 3.79 Å². The van der Waals surface area contributed by atoms with Crippen molar-refractivity contribution in [3.8, 4) is 11.4 Å². The standard InChI is InChI=1S/C16H17Cl3FN5/c17-16(18,19)13-23-12(10-3-5-11(20)6-4-10)24-14(25-13)22-9-15(21)7-1-2-8-15/h3-6H,1-2,7-9,21H2,(H,22,23,24,25). The number of nitrogens with zero attached hydrogens (tertiary/aromatic N) is 3. The van der Waals surface area contributed by atoms with Gasteiger partial charge in [-0.15, -0.1) is 0 Å². The Labute approximate surface area is 160 Å². The normalized spacial score (nSPS) is 16.8. The van der Waals surface area contributed by atoms with Gasteiger partial charge in [0.05, 0.1) is 0 Å². The third-order valence-electron chi connectivity index (χ3n) is 4.19. The van der Waals surface area contributed by atoms with E-state index in [0.29, 0.717) is 12.1 Å². The van der Waals surface area contributed by atoms with E-state index in [1.165, 1.54) is 12.1 Å². The number of nitrogens with two attached hydrogens (primary N) is 1. The molecule has 0 saturated heterocycles. The van der Waals surface area contributed by atoms with E-state index in [1.807, 2.05) is 0 Å². The van der Waals surface area contributed by atoms with Crippen LogP contribution in [-0.2, 0) is 3.79 Å². The van der Waals surface area contributed by atoms with Crippen molar-refractivity contribution in [3.05, 3.63) is 35.9 Å². The Balaban J connectivity index is 1.91. The molecule has 1 heterocycles. The highest BCUT2D eigenvalue weighted by molar-refractivity contribution is 6.66. The van der Waals surface area contributed by atoms with Gasteiger partial charge >= 0.3 is 0 Å². The van der Waals surface area contributed by atoms with Crippen molar-refractivity contribution < 1.29 is 4.39 Å². The third-order valence-corrected chi connectivity index (χ3v) is 4.70. The molecular formula is C16H17Cl3FN5. The highest BCUT2D eigenvalue weighted by Crippen LogP contribution is 2.37. The Kier molecular flexibility index (Phi) is 5.34. The Morgan fingerprint density at radius 3 is 2.32 bits per heavy atom. The van der Waals surface area contributed by atoms with Crippen LogP contribution in [0.15, 0.2) is 24.3 Å². The van der Waals surface area contributed by atoms with Crippen molar-refractivity contribution in [1.82, 2.24) is 15.0 Å². The summed E-state index contributed by atoms with van der Waals surface area (Å²) in [7, 11) is 0. The molecule has 0 aliphatic heterocycles. The number of hydrogen-bond acceptors (Lipinski definition) is 5. The molecule has 1 aromatic heterocycles. The number of anilines is 1. The lowest BCUT2D eigenvalue weighted by atomic mass is 10.00. The second-order valence-electron chi connectivity index (χ2n) is 6.23. The lowest BCUT2D eigenvalue weighted by molar-refractivity contribution is 0.463. The van der Waals surface area contributed by atoms with Crippen molar-refractivity contribution in [2.75, 3.05) is 11.9 Å². The average Bonchev–Trinajstić information content (AvgIpc) is 3.00. The van der Waals surface area contributed by atoms with Crippen molar-refractivity contribution in [2.45, 2.75) is 35.0 Å². The maximum absolute atomic E-state index is 13.1. The van der Waals surface area contributed by atoms with Gasteiger partial charge in [0.15, 0.2) is 11.6 Å².